The lowest BCUT2D eigenvalue weighted by molar-refractivity contribution is 0.257. The largest absolute Gasteiger partial charge is 0.491 e. The van der Waals surface area contributed by atoms with E-state index in [1.54, 1.807) is 0 Å². The summed E-state index contributed by atoms with van der Waals surface area (Å²) in [5, 5.41) is 0. The number of rotatable bonds is 4. The second kappa shape index (κ2) is 5.35. The van der Waals surface area contributed by atoms with E-state index in [0.29, 0.717) is 12.5 Å². The van der Waals surface area contributed by atoms with Gasteiger partial charge in [-0.1, -0.05) is 31.5 Å². The first-order chi connectivity index (χ1) is 7.41. The van der Waals surface area contributed by atoms with Crippen LogP contribution in [-0.2, 0) is 0 Å². The maximum atomic E-state index is 5.97. The lowest BCUT2D eigenvalue weighted by Crippen LogP contribution is -2.33. The molecule has 0 aromatic heterocycles. The molecule has 2 N–H and O–H groups in total. The van der Waals surface area contributed by atoms with Crippen molar-refractivity contribution in [1.82, 2.24) is 0 Å². The molecule has 0 amide bonds. The van der Waals surface area contributed by atoms with Crippen LogP contribution in [0.2, 0.25) is 0 Å². The van der Waals surface area contributed by atoms with E-state index in [2.05, 4.69) is 46.8 Å². The second-order valence-electron chi connectivity index (χ2n) is 4.95. The standard InChI is InChI=1S/C14H23NO/c1-9(2)13(15)8-16-14-11(4)6-10(3)7-12(14)5/h6-7,9,13H,8,15H2,1-5H3/t13-/m0/s1. The van der Waals surface area contributed by atoms with Crippen molar-refractivity contribution in [1.29, 1.82) is 0 Å². The zero-order valence-corrected chi connectivity index (χ0v) is 11.0. The van der Waals surface area contributed by atoms with Crippen molar-refractivity contribution in [3.63, 3.8) is 0 Å². The lowest BCUT2D eigenvalue weighted by Gasteiger charge is -2.19. The minimum absolute atomic E-state index is 0.0973. The topological polar surface area (TPSA) is 35.2 Å². The highest BCUT2D eigenvalue weighted by atomic mass is 16.5. The van der Waals surface area contributed by atoms with Gasteiger partial charge in [0, 0.05) is 6.04 Å². The third-order valence-electron chi connectivity index (χ3n) is 2.88. The summed E-state index contributed by atoms with van der Waals surface area (Å²) in [4.78, 5) is 0. The normalized spacial score (nSPS) is 12.9. The van der Waals surface area contributed by atoms with Crippen molar-refractivity contribution >= 4 is 0 Å². The molecule has 0 bridgehead atoms. The fourth-order valence-corrected chi connectivity index (χ4v) is 1.77. The average Bonchev–Trinajstić information content (AvgIpc) is 2.15. The van der Waals surface area contributed by atoms with Gasteiger partial charge >= 0.3 is 0 Å². The summed E-state index contributed by atoms with van der Waals surface area (Å²) >= 11 is 0. The Hall–Kier alpha value is -1.02. The quantitative estimate of drug-likeness (QED) is 0.848. The van der Waals surface area contributed by atoms with Crippen LogP contribution in [0.15, 0.2) is 12.1 Å². The molecule has 0 saturated carbocycles. The number of ether oxygens (including phenoxy) is 1. The molecule has 0 aliphatic carbocycles. The predicted octanol–water partition coefficient (Wildman–Crippen LogP) is 2.97. The van der Waals surface area contributed by atoms with E-state index < -0.39 is 0 Å². The van der Waals surface area contributed by atoms with Crippen molar-refractivity contribution in [2.24, 2.45) is 11.7 Å². The van der Waals surface area contributed by atoms with Crippen molar-refractivity contribution in [3.8, 4) is 5.75 Å². The molecule has 0 heterocycles. The van der Waals surface area contributed by atoms with E-state index in [9.17, 15) is 0 Å². The number of hydrogen-bond acceptors (Lipinski definition) is 2. The highest BCUT2D eigenvalue weighted by Gasteiger charge is 2.10. The number of hydrogen-bond donors (Lipinski definition) is 1. The zero-order chi connectivity index (χ0) is 12.3. The minimum Gasteiger partial charge on any atom is -0.491 e. The number of nitrogens with two attached hydrogens (primary N) is 1. The van der Waals surface area contributed by atoms with Crippen LogP contribution < -0.4 is 10.5 Å². The van der Waals surface area contributed by atoms with Gasteiger partial charge in [0.05, 0.1) is 0 Å². The van der Waals surface area contributed by atoms with Gasteiger partial charge in [0.25, 0.3) is 0 Å². The van der Waals surface area contributed by atoms with Crippen LogP contribution in [0.3, 0.4) is 0 Å². The SMILES string of the molecule is Cc1cc(C)c(OC[C@H](N)C(C)C)c(C)c1. The van der Waals surface area contributed by atoms with Crippen LogP contribution in [0.4, 0.5) is 0 Å². The Morgan fingerprint density at radius 3 is 2.06 bits per heavy atom. The Balaban J connectivity index is 2.74. The second-order valence-corrected chi connectivity index (χ2v) is 4.95. The van der Waals surface area contributed by atoms with Crippen LogP contribution >= 0.6 is 0 Å². The van der Waals surface area contributed by atoms with Crippen LogP contribution in [0.25, 0.3) is 0 Å². The van der Waals surface area contributed by atoms with E-state index in [1.165, 1.54) is 16.7 Å². The molecular formula is C14H23NO. The molecule has 0 unspecified atom stereocenters. The Morgan fingerprint density at radius 1 is 1.12 bits per heavy atom. The Morgan fingerprint density at radius 2 is 1.62 bits per heavy atom. The van der Waals surface area contributed by atoms with Gasteiger partial charge in [0.1, 0.15) is 12.4 Å². The first-order valence-electron chi connectivity index (χ1n) is 5.88. The molecule has 1 rings (SSSR count). The third-order valence-corrected chi connectivity index (χ3v) is 2.88. The Kier molecular flexibility index (Phi) is 4.36. The highest BCUT2D eigenvalue weighted by Crippen LogP contribution is 2.24. The summed E-state index contributed by atoms with van der Waals surface area (Å²) in [5.74, 6) is 1.44. The van der Waals surface area contributed by atoms with Crippen molar-refractivity contribution in [3.05, 3.63) is 28.8 Å². The molecule has 1 aromatic carbocycles. The molecule has 2 nitrogen and oxygen atoms in total. The predicted molar refractivity (Wildman–Crippen MR) is 69.0 cm³/mol. The smallest absolute Gasteiger partial charge is 0.125 e. The van der Waals surface area contributed by atoms with E-state index in [0.717, 1.165) is 5.75 Å². The summed E-state index contributed by atoms with van der Waals surface area (Å²) in [5.41, 5.74) is 9.62. The van der Waals surface area contributed by atoms with E-state index >= 15 is 0 Å². The first-order valence-corrected chi connectivity index (χ1v) is 5.88. The molecule has 0 radical (unpaired) electrons. The number of aryl methyl sites for hydroxylation is 3. The average molecular weight is 221 g/mol. The van der Waals surface area contributed by atoms with Gasteiger partial charge < -0.3 is 10.5 Å². The molecule has 90 valence electrons. The van der Waals surface area contributed by atoms with Crippen LogP contribution in [0.1, 0.15) is 30.5 Å². The Labute approximate surface area is 98.8 Å². The molecule has 0 fully saturated rings. The molecule has 16 heavy (non-hydrogen) atoms. The van der Waals surface area contributed by atoms with Crippen LogP contribution in [0.5, 0.6) is 5.75 Å². The van der Waals surface area contributed by atoms with Crippen LogP contribution in [0, 0.1) is 26.7 Å². The maximum Gasteiger partial charge on any atom is 0.125 e. The molecule has 0 aliphatic rings. The van der Waals surface area contributed by atoms with Crippen LogP contribution in [-0.4, -0.2) is 12.6 Å². The molecule has 1 atom stereocenters. The molecule has 0 spiro atoms. The summed E-state index contributed by atoms with van der Waals surface area (Å²) < 4.78 is 5.82. The van der Waals surface area contributed by atoms with E-state index in [-0.39, 0.29) is 6.04 Å². The molecule has 0 aliphatic heterocycles. The van der Waals surface area contributed by atoms with Gasteiger partial charge in [-0.3, -0.25) is 0 Å². The summed E-state index contributed by atoms with van der Waals surface area (Å²) in [6, 6.07) is 4.38. The summed E-state index contributed by atoms with van der Waals surface area (Å²) in [7, 11) is 0. The van der Waals surface area contributed by atoms with E-state index in [1.807, 2.05) is 0 Å². The van der Waals surface area contributed by atoms with Gasteiger partial charge in [-0.05, 0) is 37.8 Å². The molecular weight excluding hydrogens is 198 g/mol. The zero-order valence-electron chi connectivity index (χ0n) is 11.0. The minimum atomic E-state index is 0.0973. The van der Waals surface area contributed by atoms with Gasteiger partial charge in [-0.25, -0.2) is 0 Å². The highest BCUT2D eigenvalue weighted by molar-refractivity contribution is 5.42. The van der Waals surface area contributed by atoms with E-state index in [4.69, 9.17) is 10.5 Å². The fourth-order valence-electron chi connectivity index (χ4n) is 1.77. The monoisotopic (exact) mass is 221 g/mol. The molecule has 2 heteroatoms. The van der Waals surface area contributed by atoms with Gasteiger partial charge in [0.15, 0.2) is 0 Å². The fraction of sp³-hybridized carbons (Fsp3) is 0.571. The number of benzene rings is 1. The van der Waals surface area contributed by atoms with Gasteiger partial charge in [-0.2, -0.15) is 0 Å². The lowest BCUT2D eigenvalue weighted by atomic mass is 10.1. The first kappa shape index (κ1) is 13.0. The summed E-state index contributed by atoms with van der Waals surface area (Å²) in [6.45, 7) is 11.1. The summed E-state index contributed by atoms with van der Waals surface area (Å²) in [6.07, 6.45) is 0. The van der Waals surface area contributed by atoms with Gasteiger partial charge in [-0.15, -0.1) is 0 Å². The Bertz CT molecular complexity index is 335. The maximum absolute atomic E-state index is 5.97. The van der Waals surface area contributed by atoms with Crippen molar-refractivity contribution in [2.75, 3.05) is 6.61 Å². The van der Waals surface area contributed by atoms with Crippen molar-refractivity contribution < 1.29 is 4.74 Å². The molecule has 0 saturated heterocycles. The van der Waals surface area contributed by atoms with Crippen molar-refractivity contribution in [2.45, 2.75) is 40.7 Å². The van der Waals surface area contributed by atoms with Gasteiger partial charge in [0.2, 0.25) is 0 Å². The third kappa shape index (κ3) is 3.24. The molecule has 1 aromatic rings.